The Hall–Kier alpha value is 0.669. The summed E-state index contributed by atoms with van der Waals surface area (Å²) >= 11 is 0. The summed E-state index contributed by atoms with van der Waals surface area (Å²) in [5.41, 5.74) is 0. The molecule has 0 aliphatic rings. The van der Waals surface area contributed by atoms with Crippen LogP contribution in [0.1, 0.15) is 19.8 Å². The van der Waals surface area contributed by atoms with Crippen LogP contribution < -0.4 is 0 Å². The standard InChI is InChI=1S/C4H10O4S.Sn.2H/c1-2-3-4-8-9(5,6)7;;;/h2-4H2,1H3,(H,5,6,7);;;. The van der Waals surface area contributed by atoms with Gasteiger partial charge in [0.2, 0.25) is 0 Å². The van der Waals surface area contributed by atoms with E-state index in [2.05, 4.69) is 4.18 Å². The van der Waals surface area contributed by atoms with E-state index in [1.165, 1.54) is 0 Å². The van der Waals surface area contributed by atoms with Gasteiger partial charge in [-0.1, -0.05) is 13.3 Å². The molecule has 0 amide bonds. The zero-order chi connectivity index (χ0) is 7.33. The van der Waals surface area contributed by atoms with Crippen molar-refractivity contribution in [1.82, 2.24) is 0 Å². The van der Waals surface area contributed by atoms with Gasteiger partial charge in [0.1, 0.15) is 0 Å². The fourth-order valence-corrected chi connectivity index (χ4v) is 0.637. The fraction of sp³-hybridized carbons (Fsp3) is 1.00. The average molecular weight is 275 g/mol. The van der Waals surface area contributed by atoms with Crippen LogP contribution in [-0.4, -0.2) is 43.5 Å². The van der Waals surface area contributed by atoms with Crippen molar-refractivity contribution in [3.8, 4) is 0 Å². The van der Waals surface area contributed by atoms with E-state index in [0.29, 0.717) is 6.42 Å². The van der Waals surface area contributed by atoms with Crippen molar-refractivity contribution in [1.29, 1.82) is 0 Å². The first-order chi connectivity index (χ1) is 4.06. The number of hydrogen-bond acceptors (Lipinski definition) is 3. The molecule has 2 radical (unpaired) electrons. The van der Waals surface area contributed by atoms with E-state index >= 15 is 0 Å². The molecule has 6 heteroatoms. The predicted octanol–water partition coefficient (Wildman–Crippen LogP) is -0.310. The van der Waals surface area contributed by atoms with Gasteiger partial charge in [-0.05, 0) is 6.42 Å². The van der Waals surface area contributed by atoms with Crippen molar-refractivity contribution in [3.63, 3.8) is 0 Å². The van der Waals surface area contributed by atoms with E-state index in [-0.39, 0.29) is 30.5 Å². The molecule has 0 aliphatic carbocycles. The molecule has 10 heavy (non-hydrogen) atoms. The Labute approximate surface area is 77.9 Å². The van der Waals surface area contributed by atoms with Gasteiger partial charge in [0.15, 0.2) is 0 Å². The Morgan fingerprint density at radius 2 is 2.00 bits per heavy atom. The average Bonchev–Trinajstić information content (AvgIpc) is 1.63. The molecule has 0 aromatic rings. The Morgan fingerprint density at radius 3 is 2.30 bits per heavy atom. The minimum atomic E-state index is -4.20. The predicted molar refractivity (Wildman–Crippen MR) is 41.0 cm³/mol. The Kier molecular flexibility index (Phi) is 8.47. The summed E-state index contributed by atoms with van der Waals surface area (Å²) in [6.45, 7) is 1.96. The second kappa shape index (κ2) is 6.38. The van der Waals surface area contributed by atoms with Gasteiger partial charge in [-0.3, -0.25) is 4.55 Å². The maximum atomic E-state index is 9.84. The van der Waals surface area contributed by atoms with E-state index < -0.39 is 10.4 Å². The normalized spacial score (nSPS) is 10.6. The summed E-state index contributed by atoms with van der Waals surface area (Å²) in [6, 6.07) is 0. The molecule has 0 atom stereocenters. The van der Waals surface area contributed by atoms with Crippen LogP contribution in [0.15, 0.2) is 0 Å². The molecule has 0 aliphatic heterocycles. The van der Waals surface area contributed by atoms with Crippen molar-refractivity contribution < 1.29 is 17.2 Å². The van der Waals surface area contributed by atoms with Gasteiger partial charge >= 0.3 is 34.3 Å². The topological polar surface area (TPSA) is 63.6 Å². The zero-order valence-corrected chi connectivity index (χ0v) is 10.8. The van der Waals surface area contributed by atoms with Crippen molar-refractivity contribution in [2.45, 2.75) is 19.8 Å². The van der Waals surface area contributed by atoms with Gasteiger partial charge in [0.25, 0.3) is 0 Å². The molecule has 0 rings (SSSR count). The summed E-state index contributed by atoms with van der Waals surface area (Å²) in [7, 11) is -4.20. The number of hydrogen-bond donors (Lipinski definition) is 1. The Bertz CT molecular complexity index is 153. The molecule has 0 spiro atoms. The molecule has 0 saturated carbocycles. The second-order valence-corrected chi connectivity index (χ2v) is 2.69. The molecule has 62 valence electrons. The molecular weight excluding hydrogens is 263 g/mol. The fourth-order valence-electron chi connectivity index (χ4n) is 0.309. The van der Waals surface area contributed by atoms with E-state index in [1.54, 1.807) is 0 Å². The van der Waals surface area contributed by atoms with Crippen LogP contribution in [-0.2, 0) is 14.6 Å². The molecule has 0 heterocycles. The van der Waals surface area contributed by atoms with Gasteiger partial charge in [0.05, 0.1) is 6.61 Å². The maximum absolute atomic E-state index is 9.84. The minimum absolute atomic E-state index is 0. The summed E-state index contributed by atoms with van der Waals surface area (Å²) in [5, 5.41) is 0. The third-order valence-electron chi connectivity index (χ3n) is 0.730. The quantitative estimate of drug-likeness (QED) is 0.434. The molecule has 0 aromatic heterocycles. The Balaban J connectivity index is 0. The molecule has 0 saturated heterocycles. The molecular formula is C4H12O4SSn. The van der Waals surface area contributed by atoms with Gasteiger partial charge in [0, 0.05) is 0 Å². The van der Waals surface area contributed by atoms with E-state index in [0.717, 1.165) is 6.42 Å². The monoisotopic (exact) mass is 276 g/mol. The van der Waals surface area contributed by atoms with Gasteiger partial charge < -0.3 is 0 Å². The van der Waals surface area contributed by atoms with Crippen LogP contribution in [0.5, 0.6) is 0 Å². The summed E-state index contributed by atoms with van der Waals surface area (Å²) in [5.74, 6) is 0. The van der Waals surface area contributed by atoms with Crippen molar-refractivity contribution >= 4 is 34.3 Å². The molecule has 0 bridgehead atoms. The molecule has 0 fully saturated rings. The Morgan fingerprint density at radius 1 is 1.50 bits per heavy atom. The van der Waals surface area contributed by atoms with Gasteiger partial charge in [-0.15, -0.1) is 0 Å². The number of unbranched alkanes of at least 4 members (excludes halogenated alkanes) is 1. The molecule has 0 aromatic carbocycles. The molecule has 0 unspecified atom stereocenters. The summed E-state index contributed by atoms with van der Waals surface area (Å²) < 4.78 is 31.7. The SMILES string of the molecule is CCCCOS(=O)(=O)O.[SnH2]. The first-order valence-electron chi connectivity index (χ1n) is 2.68. The number of rotatable bonds is 4. The zero-order valence-electron chi connectivity index (χ0n) is 5.91. The summed E-state index contributed by atoms with van der Waals surface area (Å²) in [4.78, 5) is 0. The first kappa shape index (κ1) is 13.3. The van der Waals surface area contributed by atoms with E-state index in [1.807, 2.05) is 6.92 Å². The van der Waals surface area contributed by atoms with Gasteiger partial charge in [-0.25, -0.2) is 4.18 Å². The second-order valence-electron chi connectivity index (χ2n) is 1.60. The summed E-state index contributed by atoms with van der Waals surface area (Å²) in [6.07, 6.45) is 1.48. The third kappa shape index (κ3) is 11.5. The van der Waals surface area contributed by atoms with E-state index in [9.17, 15) is 8.42 Å². The third-order valence-corrected chi connectivity index (χ3v) is 1.19. The van der Waals surface area contributed by atoms with Crippen LogP contribution in [0.3, 0.4) is 0 Å². The first-order valence-corrected chi connectivity index (χ1v) is 4.04. The van der Waals surface area contributed by atoms with Crippen LogP contribution in [0, 0.1) is 0 Å². The molecule has 1 N–H and O–H groups in total. The van der Waals surface area contributed by atoms with Crippen LogP contribution in [0.25, 0.3) is 0 Å². The van der Waals surface area contributed by atoms with E-state index in [4.69, 9.17) is 4.55 Å². The van der Waals surface area contributed by atoms with Crippen molar-refractivity contribution in [3.05, 3.63) is 0 Å². The van der Waals surface area contributed by atoms with Crippen LogP contribution >= 0.6 is 0 Å². The molecule has 4 nitrogen and oxygen atoms in total. The van der Waals surface area contributed by atoms with Crippen molar-refractivity contribution in [2.24, 2.45) is 0 Å². The van der Waals surface area contributed by atoms with Crippen LogP contribution in [0.4, 0.5) is 0 Å². The van der Waals surface area contributed by atoms with Crippen LogP contribution in [0.2, 0.25) is 0 Å². The van der Waals surface area contributed by atoms with Crippen molar-refractivity contribution in [2.75, 3.05) is 6.61 Å². The van der Waals surface area contributed by atoms with Gasteiger partial charge in [-0.2, -0.15) is 8.42 Å².